The van der Waals surface area contributed by atoms with Crippen LogP contribution in [0, 0.1) is 13.8 Å². The van der Waals surface area contributed by atoms with Crippen molar-refractivity contribution < 1.29 is 0 Å². The first-order chi connectivity index (χ1) is 10.9. The van der Waals surface area contributed by atoms with Crippen LogP contribution in [-0.4, -0.2) is 9.97 Å². The number of hydrogen-bond donors (Lipinski definition) is 0. The molecule has 2 nitrogen and oxygen atoms in total. The van der Waals surface area contributed by atoms with Gasteiger partial charge in [-0.15, -0.1) is 23.1 Å². The number of aromatic nitrogens is 2. The number of aryl methyl sites for hydroxylation is 2. The Labute approximate surface area is 146 Å². The fourth-order valence-corrected chi connectivity index (χ4v) is 4.59. The number of hydrogen-bond acceptors (Lipinski definition) is 4. The van der Waals surface area contributed by atoms with Crippen molar-refractivity contribution in [3.8, 4) is 0 Å². The summed E-state index contributed by atoms with van der Waals surface area (Å²) in [4.78, 5) is 11.4. The highest BCUT2D eigenvalue weighted by atomic mass is 32.2. The standard InChI is InChI=1S/C19H22N2S2/c1-12-13(2)23-18-16(12)17(20-11-21-18)22-10-14-6-8-15(9-7-14)19(3,4)5/h6-9,11H,10H2,1-5H3. The molecule has 0 saturated carbocycles. The highest BCUT2D eigenvalue weighted by Gasteiger charge is 2.14. The van der Waals surface area contributed by atoms with E-state index < -0.39 is 0 Å². The molecule has 0 bridgehead atoms. The van der Waals surface area contributed by atoms with Gasteiger partial charge in [-0.05, 0) is 36.0 Å². The van der Waals surface area contributed by atoms with Crippen LogP contribution in [0.1, 0.15) is 42.3 Å². The van der Waals surface area contributed by atoms with Crippen LogP contribution in [0.5, 0.6) is 0 Å². The van der Waals surface area contributed by atoms with Crippen LogP contribution < -0.4 is 0 Å². The molecule has 2 heterocycles. The molecular weight excluding hydrogens is 320 g/mol. The number of nitrogens with zero attached hydrogens (tertiary/aromatic N) is 2. The second kappa shape index (κ2) is 6.25. The lowest BCUT2D eigenvalue weighted by Gasteiger charge is -2.19. The molecule has 1 aromatic carbocycles. The molecule has 3 aromatic rings. The second-order valence-electron chi connectivity index (χ2n) is 6.88. The van der Waals surface area contributed by atoms with E-state index in [1.807, 2.05) is 0 Å². The van der Waals surface area contributed by atoms with Crippen molar-refractivity contribution in [2.24, 2.45) is 0 Å². The maximum Gasteiger partial charge on any atom is 0.128 e. The normalized spacial score (nSPS) is 12.0. The molecule has 2 aromatic heterocycles. The molecular formula is C19H22N2S2. The molecule has 120 valence electrons. The van der Waals surface area contributed by atoms with E-state index >= 15 is 0 Å². The van der Waals surface area contributed by atoms with Crippen molar-refractivity contribution in [1.29, 1.82) is 0 Å². The van der Waals surface area contributed by atoms with E-state index in [1.54, 1.807) is 29.4 Å². The monoisotopic (exact) mass is 342 g/mol. The lowest BCUT2D eigenvalue weighted by Crippen LogP contribution is -2.10. The number of benzene rings is 1. The van der Waals surface area contributed by atoms with Crippen molar-refractivity contribution in [2.75, 3.05) is 0 Å². The van der Waals surface area contributed by atoms with Gasteiger partial charge in [-0.2, -0.15) is 0 Å². The zero-order chi connectivity index (χ0) is 16.6. The van der Waals surface area contributed by atoms with E-state index in [-0.39, 0.29) is 5.41 Å². The summed E-state index contributed by atoms with van der Waals surface area (Å²) >= 11 is 3.55. The smallest absolute Gasteiger partial charge is 0.128 e. The third-order valence-electron chi connectivity index (χ3n) is 4.13. The van der Waals surface area contributed by atoms with E-state index in [4.69, 9.17) is 0 Å². The first-order valence-corrected chi connectivity index (χ1v) is 9.59. The second-order valence-corrected chi connectivity index (χ2v) is 9.05. The number of thiophene rings is 1. The van der Waals surface area contributed by atoms with Gasteiger partial charge in [-0.25, -0.2) is 9.97 Å². The fourth-order valence-electron chi connectivity index (χ4n) is 2.51. The van der Waals surface area contributed by atoms with Crippen LogP contribution in [0.3, 0.4) is 0 Å². The van der Waals surface area contributed by atoms with Gasteiger partial charge in [0.25, 0.3) is 0 Å². The van der Waals surface area contributed by atoms with Gasteiger partial charge in [0.2, 0.25) is 0 Å². The molecule has 0 fully saturated rings. The Morgan fingerprint density at radius 1 is 1.04 bits per heavy atom. The minimum absolute atomic E-state index is 0.204. The van der Waals surface area contributed by atoms with Gasteiger partial charge >= 0.3 is 0 Å². The minimum atomic E-state index is 0.204. The molecule has 4 heteroatoms. The SMILES string of the molecule is Cc1sc2ncnc(SCc3ccc(C(C)(C)C)cc3)c2c1C. The summed E-state index contributed by atoms with van der Waals surface area (Å²) in [6, 6.07) is 8.95. The average molecular weight is 343 g/mol. The maximum atomic E-state index is 4.51. The van der Waals surface area contributed by atoms with E-state index in [0.29, 0.717) is 0 Å². The quantitative estimate of drug-likeness (QED) is 0.438. The predicted octanol–water partition coefficient (Wildman–Crippen LogP) is 5.90. The summed E-state index contributed by atoms with van der Waals surface area (Å²) < 4.78 is 0. The van der Waals surface area contributed by atoms with Crippen LogP contribution in [0.2, 0.25) is 0 Å². The molecule has 0 saturated heterocycles. The Balaban J connectivity index is 1.81. The maximum absolute atomic E-state index is 4.51. The first kappa shape index (κ1) is 16.5. The Bertz CT molecular complexity index is 827. The van der Waals surface area contributed by atoms with E-state index in [2.05, 4.69) is 68.9 Å². The first-order valence-electron chi connectivity index (χ1n) is 7.79. The number of rotatable bonds is 3. The van der Waals surface area contributed by atoms with Crippen LogP contribution in [-0.2, 0) is 11.2 Å². The van der Waals surface area contributed by atoms with Crippen molar-refractivity contribution in [3.05, 3.63) is 52.2 Å². The van der Waals surface area contributed by atoms with Gasteiger partial charge in [-0.1, -0.05) is 45.0 Å². The van der Waals surface area contributed by atoms with E-state index in [1.165, 1.54) is 27.0 Å². The van der Waals surface area contributed by atoms with E-state index in [0.717, 1.165) is 15.6 Å². The molecule has 23 heavy (non-hydrogen) atoms. The highest BCUT2D eigenvalue weighted by Crippen LogP contribution is 2.35. The molecule has 0 N–H and O–H groups in total. The molecule has 0 aliphatic carbocycles. The van der Waals surface area contributed by atoms with Crippen LogP contribution >= 0.6 is 23.1 Å². The Hall–Kier alpha value is -1.39. The third-order valence-corrected chi connectivity index (χ3v) is 6.30. The van der Waals surface area contributed by atoms with Crippen LogP contribution in [0.4, 0.5) is 0 Å². The zero-order valence-electron chi connectivity index (χ0n) is 14.3. The number of fused-ring (bicyclic) bond motifs is 1. The lowest BCUT2D eigenvalue weighted by molar-refractivity contribution is 0.590. The molecule has 0 radical (unpaired) electrons. The van der Waals surface area contributed by atoms with Crippen molar-refractivity contribution in [3.63, 3.8) is 0 Å². The topological polar surface area (TPSA) is 25.8 Å². The summed E-state index contributed by atoms with van der Waals surface area (Å²) in [5.41, 5.74) is 4.23. The van der Waals surface area contributed by atoms with Gasteiger partial charge in [0, 0.05) is 16.0 Å². The minimum Gasteiger partial charge on any atom is -0.229 e. The molecule has 0 amide bonds. The number of thioether (sulfide) groups is 1. The zero-order valence-corrected chi connectivity index (χ0v) is 15.9. The van der Waals surface area contributed by atoms with Crippen molar-refractivity contribution in [2.45, 2.75) is 50.8 Å². The molecule has 0 unspecified atom stereocenters. The van der Waals surface area contributed by atoms with Crippen molar-refractivity contribution in [1.82, 2.24) is 9.97 Å². The summed E-state index contributed by atoms with van der Waals surface area (Å²) in [7, 11) is 0. The molecule has 0 aliphatic heterocycles. The Morgan fingerprint density at radius 2 is 1.74 bits per heavy atom. The third kappa shape index (κ3) is 3.43. The average Bonchev–Trinajstić information content (AvgIpc) is 2.80. The molecule has 3 rings (SSSR count). The Morgan fingerprint density at radius 3 is 2.39 bits per heavy atom. The van der Waals surface area contributed by atoms with Crippen LogP contribution in [0.25, 0.3) is 10.2 Å². The van der Waals surface area contributed by atoms with Gasteiger partial charge in [0.15, 0.2) is 0 Å². The lowest BCUT2D eigenvalue weighted by atomic mass is 9.87. The molecule has 0 spiro atoms. The van der Waals surface area contributed by atoms with Crippen molar-refractivity contribution >= 4 is 33.3 Å². The van der Waals surface area contributed by atoms with Gasteiger partial charge < -0.3 is 0 Å². The predicted molar refractivity (Wildman–Crippen MR) is 102 cm³/mol. The van der Waals surface area contributed by atoms with Gasteiger partial charge in [0.05, 0.1) is 0 Å². The van der Waals surface area contributed by atoms with E-state index in [9.17, 15) is 0 Å². The van der Waals surface area contributed by atoms with Crippen LogP contribution in [0.15, 0.2) is 35.6 Å². The fraction of sp³-hybridized carbons (Fsp3) is 0.368. The summed E-state index contributed by atoms with van der Waals surface area (Å²) in [5.74, 6) is 0.935. The van der Waals surface area contributed by atoms with Gasteiger partial charge in [-0.3, -0.25) is 0 Å². The summed E-state index contributed by atoms with van der Waals surface area (Å²) in [6.07, 6.45) is 1.68. The largest absolute Gasteiger partial charge is 0.229 e. The highest BCUT2D eigenvalue weighted by molar-refractivity contribution is 7.98. The summed E-state index contributed by atoms with van der Waals surface area (Å²) in [5, 5.41) is 2.32. The molecule has 0 atom stereocenters. The van der Waals surface area contributed by atoms with Gasteiger partial charge in [0.1, 0.15) is 16.2 Å². The Kier molecular flexibility index (Phi) is 4.47. The molecule has 0 aliphatic rings. The summed E-state index contributed by atoms with van der Waals surface area (Å²) in [6.45, 7) is 11.1.